The van der Waals surface area contributed by atoms with Crippen LogP contribution in [0.15, 0.2) is 0 Å². The van der Waals surface area contributed by atoms with Crippen molar-refractivity contribution in [2.75, 3.05) is 19.8 Å². The summed E-state index contributed by atoms with van der Waals surface area (Å²) < 4.78 is 5.29. The van der Waals surface area contributed by atoms with E-state index in [-0.39, 0.29) is 11.3 Å². The van der Waals surface area contributed by atoms with Crippen LogP contribution in [0.3, 0.4) is 0 Å². The highest BCUT2D eigenvalue weighted by Gasteiger charge is 2.39. The molecule has 86 valence electrons. The fraction of sp³-hybridized carbons (Fsp3) is 0.909. The first-order chi connectivity index (χ1) is 7.27. The second kappa shape index (κ2) is 4.49. The lowest BCUT2D eigenvalue weighted by Gasteiger charge is -2.37. The zero-order valence-electron chi connectivity index (χ0n) is 9.13. The van der Waals surface area contributed by atoms with Crippen LogP contribution in [0, 0.1) is 5.41 Å². The van der Waals surface area contributed by atoms with E-state index in [4.69, 9.17) is 10.5 Å². The van der Waals surface area contributed by atoms with Gasteiger partial charge in [-0.15, -0.1) is 0 Å². The summed E-state index contributed by atoms with van der Waals surface area (Å²) in [5.74, 6) is 0.151. The van der Waals surface area contributed by atoms with Crippen molar-refractivity contribution in [3.8, 4) is 0 Å². The van der Waals surface area contributed by atoms with E-state index in [2.05, 4.69) is 5.32 Å². The molecule has 0 atom stereocenters. The maximum atomic E-state index is 12.1. The van der Waals surface area contributed by atoms with Gasteiger partial charge in [0.25, 0.3) is 0 Å². The van der Waals surface area contributed by atoms with Crippen molar-refractivity contribution >= 4 is 5.91 Å². The normalized spacial score (nSPS) is 25.7. The van der Waals surface area contributed by atoms with Crippen molar-refractivity contribution in [3.05, 3.63) is 0 Å². The zero-order valence-corrected chi connectivity index (χ0v) is 9.13. The minimum absolute atomic E-state index is 0.151. The molecule has 1 saturated carbocycles. The van der Waals surface area contributed by atoms with E-state index < -0.39 is 0 Å². The third kappa shape index (κ3) is 2.16. The van der Waals surface area contributed by atoms with Crippen molar-refractivity contribution in [1.82, 2.24) is 5.32 Å². The van der Waals surface area contributed by atoms with E-state index in [1.54, 1.807) is 0 Å². The van der Waals surface area contributed by atoms with Crippen molar-refractivity contribution in [3.63, 3.8) is 0 Å². The van der Waals surface area contributed by atoms with Crippen molar-refractivity contribution in [2.24, 2.45) is 11.1 Å². The van der Waals surface area contributed by atoms with E-state index in [1.165, 1.54) is 6.42 Å². The van der Waals surface area contributed by atoms with Crippen molar-refractivity contribution < 1.29 is 9.53 Å². The van der Waals surface area contributed by atoms with Gasteiger partial charge >= 0.3 is 0 Å². The smallest absolute Gasteiger partial charge is 0.227 e. The van der Waals surface area contributed by atoms with Crippen molar-refractivity contribution in [1.29, 1.82) is 0 Å². The summed E-state index contributed by atoms with van der Waals surface area (Å²) in [5, 5.41) is 3.10. The number of amides is 1. The molecule has 4 nitrogen and oxygen atoms in total. The number of nitrogens with one attached hydrogen (secondary N) is 1. The maximum Gasteiger partial charge on any atom is 0.227 e. The number of hydrogen-bond donors (Lipinski definition) is 2. The first-order valence-corrected chi connectivity index (χ1v) is 5.86. The molecule has 2 aliphatic rings. The summed E-state index contributed by atoms with van der Waals surface area (Å²) in [6.45, 7) is 1.76. The van der Waals surface area contributed by atoms with E-state index in [1.807, 2.05) is 0 Å². The van der Waals surface area contributed by atoms with Crippen LogP contribution in [0.1, 0.15) is 32.1 Å². The third-order valence-corrected chi connectivity index (χ3v) is 3.76. The molecule has 15 heavy (non-hydrogen) atoms. The fourth-order valence-electron chi connectivity index (χ4n) is 2.18. The predicted molar refractivity (Wildman–Crippen MR) is 57.3 cm³/mol. The molecule has 0 aromatic heterocycles. The number of carbonyl (C=O) groups is 1. The van der Waals surface area contributed by atoms with Crippen LogP contribution in [0.5, 0.6) is 0 Å². The Morgan fingerprint density at radius 1 is 1.40 bits per heavy atom. The van der Waals surface area contributed by atoms with Gasteiger partial charge in [-0.3, -0.25) is 4.79 Å². The van der Waals surface area contributed by atoms with Crippen LogP contribution >= 0.6 is 0 Å². The summed E-state index contributed by atoms with van der Waals surface area (Å²) in [4.78, 5) is 12.1. The van der Waals surface area contributed by atoms with Gasteiger partial charge in [0.1, 0.15) is 0 Å². The number of ether oxygens (including phenoxy) is 1. The molecular weight excluding hydrogens is 192 g/mol. The molecule has 1 amide bonds. The summed E-state index contributed by atoms with van der Waals surface area (Å²) in [6.07, 6.45) is 5.03. The lowest BCUT2D eigenvalue weighted by Crippen LogP contribution is -2.53. The standard InChI is InChI=1S/C11H20N2O2/c12-8-11(4-6-15-7-5-11)10(14)13-9-2-1-3-9/h9H,1-8,12H2,(H,13,14). The Kier molecular flexibility index (Phi) is 3.26. The minimum Gasteiger partial charge on any atom is -0.381 e. The van der Waals surface area contributed by atoms with Crippen LogP contribution in [0.2, 0.25) is 0 Å². The first-order valence-electron chi connectivity index (χ1n) is 5.86. The van der Waals surface area contributed by atoms with Crippen LogP contribution in [0.25, 0.3) is 0 Å². The average Bonchev–Trinajstić information content (AvgIpc) is 2.24. The molecule has 1 heterocycles. The van der Waals surface area contributed by atoms with Gasteiger partial charge in [0.2, 0.25) is 5.91 Å². The van der Waals surface area contributed by atoms with E-state index in [9.17, 15) is 4.79 Å². The second-order valence-electron chi connectivity index (χ2n) is 4.70. The maximum absolute atomic E-state index is 12.1. The highest BCUT2D eigenvalue weighted by molar-refractivity contribution is 5.83. The summed E-state index contributed by atoms with van der Waals surface area (Å²) >= 11 is 0. The monoisotopic (exact) mass is 212 g/mol. The molecule has 1 aliphatic heterocycles. The Balaban J connectivity index is 1.93. The van der Waals surface area contributed by atoms with E-state index >= 15 is 0 Å². The van der Waals surface area contributed by atoms with Gasteiger partial charge in [0.05, 0.1) is 5.41 Å². The van der Waals surface area contributed by atoms with Gasteiger partial charge in [-0.25, -0.2) is 0 Å². The van der Waals surface area contributed by atoms with Crippen LogP contribution < -0.4 is 11.1 Å². The first kappa shape index (κ1) is 10.9. The fourth-order valence-corrected chi connectivity index (χ4v) is 2.18. The topological polar surface area (TPSA) is 64.4 Å². The van der Waals surface area contributed by atoms with Crippen LogP contribution in [-0.4, -0.2) is 31.7 Å². The molecule has 0 unspecified atom stereocenters. The van der Waals surface area contributed by atoms with Gasteiger partial charge in [-0.1, -0.05) is 0 Å². The number of rotatable bonds is 3. The zero-order chi connectivity index (χ0) is 10.7. The van der Waals surface area contributed by atoms with Gasteiger partial charge in [-0.05, 0) is 32.1 Å². The van der Waals surface area contributed by atoms with Crippen LogP contribution in [-0.2, 0) is 9.53 Å². The molecule has 1 aliphatic carbocycles. The molecule has 1 saturated heterocycles. The molecule has 0 radical (unpaired) electrons. The van der Waals surface area contributed by atoms with Crippen molar-refractivity contribution in [2.45, 2.75) is 38.1 Å². The Morgan fingerprint density at radius 3 is 2.53 bits per heavy atom. The lowest BCUT2D eigenvalue weighted by molar-refractivity contribution is -0.137. The third-order valence-electron chi connectivity index (χ3n) is 3.76. The molecule has 0 aromatic rings. The number of nitrogens with two attached hydrogens (primary N) is 1. The van der Waals surface area contributed by atoms with Gasteiger partial charge in [0, 0.05) is 25.8 Å². The molecule has 0 bridgehead atoms. The molecule has 0 spiro atoms. The number of hydrogen-bond acceptors (Lipinski definition) is 3. The van der Waals surface area contributed by atoms with E-state index in [0.29, 0.717) is 25.8 Å². The Morgan fingerprint density at radius 2 is 2.07 bits per heavy atom. The van der Waals surface area contributed by atoms with Gasteiger partial charge in [-0.2, -0.15) is 0 Å². The molecular formula is C11H20N2O2. The van der Waals surface area contributed by atoms with Gasteiger partial charge in [0.15, 0.2) is 0 Å². The highest BCUT2D eigenvalue weighted by atomic mass is 16.5. The summed E-state index contributed by atoms with van der Waals surface area (Å²) in [6, 6.07) is 0.406. The minimum atomic E-state index is -0.353. The van der Waals surface area contributed by atoms with Crippen LogP contribution in [0.4, 0.5) is 0 Å². The molecule has 2 rings (SSSR count). The average molecular weight is 212 g/mol. The SMILES string of the molecule is NCC1(C(=O)NC2CCC2)CCOCC1. The largest absolute Gasteiger partial charge is 0.381 e. The summed E-state index contributed by atoms with van der Waals surface area (Å²) in [7, 11) is 0. The molecule has 4 heteroatoms. The number of carbonyl (C=O) groups excluding carboxylic acids is 1. The Labute approximate surface area is 90.5 Å². The molecule has 2 fully saturated rings. The molecule has 3 N–H and O–H groups in total. The second-order valence-corrected chi connectivity index (χ2v) is 4.70. The molecule has 0 aromatic carbocycles. The summed E-state index contributed by atoms with van der Waals surface area (Å²) in [5.41, 5.74) is 5.40. The highest BCUT2D eigenvalue weighted by Crippen LogP contribution is 2.30. The Bertz CT molecular complexity index is 233. The lowest BCUT2D eigenvalue weighted by atomic mass is 9.78. The van der Waals surface area contributed by atoms with E-state index in [0.717, 1.165) is 25.7 Å². The predicted octanol–water partition coefficient (Wildman–Crippen LogP) is 0.411. The van der Waals surface area contributed by atoms with Gasteiger partial charge < -0.3 is 15.8 Å². The Hall–Kier alpha value is -0.610. The quantitative estimate of drug-likeness (QED) is 0.712.